The first-order valence-corrected chi connectivity index (χ1v) is 9.19. The lowest BCUT2D eigenvalue weighted by molar-refractivity contribution is -0.140. The smallest absolute Gasteiger partial charge is 0.243 e. The molecule has 124 valence electrons. The lowest BCUT2D eigenvalue weighted by Gasteiger charge is -2.16. The van der Waals surface area contributed by atoms with Gasteiger partial charge in [-0.15, -0.1) is 11.3 Å². The van der Waals surface area contributed by atoms with Gasteiger partial charge in [0.05, 0.1) is 9.90 Å². The summed E-state index contributed by atoms with van der Waals surface area (Å²) >= 11 is 7.24. The third-order valence-corrected chi connectivity index (χ3v) is 6.24. The van der Waals surface area contributed by atoms with Gasteiger partial charge < -0.3 is 0 Å². The average molecular weight is 383 g/mol. The Labute approximate surface area is 139 Å². The quantitative estimate of drug-likeness (QED) is 0.878. The first-order chi connectivity index (χ1) is 10.7. The van der Waals surface area contributed by atoms with Crippen LogP contribution in [0.2, 0.25) is 4.34 Å². The Morgan fingerprint density at radius 2 is 2.13 bits per heavy atom. The van der Waals surface area contributed by atoms with E-state index in [4.69, 9.17) is 11.6 Å². The van der Waals surface area contributed by atoms with Crippen molar-refractivity contribution in [3.63, 3.8) is 0 Å². The molecule has 3 rings (SSSR count). The molecule has 0 spiro atoms. The normalized spacial score (nSPS) is 18.2. The number of nitrogens with one attached hydrogen (secondary N) is 1. The fourth-order valence-corrected chi connectivity index (χ4v) is 5.28. The Bertz CT molecular complexity index is 849. The van der Waals surface area contributed by atoms with Gasteiger partial charge in [-0.3, -0.25) is 0 Å². The molecule has 1 N–H and O–H groups in total. The van der Waals surface area contributed by atoms with Crippen molar-refractivity contribution in [1.82, 2.24) is 9.71 Å². The summed E-state index contributed by atoms with van der Waals surface area (Å²) in [5.74, 6) is 0. The first-order valence-electron chi connectivity index (χ1n) is 6.51. The monoisotopic (exact) mass is 382 g/mol. The Morgan fingerprint density at radius 3 is 2.83 bits per heavy atom. The van der Waals surface area contributed by atoms with Crippen LogP contribution < -0.4 is 4.72 Å². The SMILES string of the molecule is O=S(=O)(NC1CCc2sc(Cl)cc21)c1ncccc1C(F)(F)F. The second kappa shape index (κ2) is 5.73. The first kappa shape index (κ1) is 16.7. The van der Waals surface area contributed by atoms with E-state index in [-0.39, 0.29) is 0 Å². The highest BCUT2D eigenvalue weighted by atomic mass is 35.5. The molecule has 4 nitrogen and oxygen atoms in total. The highest BCUT2D eigenvalue weighted by Gasteiger charge is 2.39. The third-order valence-electron chi connectivity index (χ3n) is 3.48. The molecule has 2 aromatic rings. The molecule has 0 fully saturated rings. The number of pyridine rings is 1. The molecule has 1 unspecified atom stereocenters. The number of halogens is 4. The highest BCUT2D eigenvalue weighted by Crippen LogP contribution is 2.40. The fourth-order valence-electron chi connectivity index (χ4n) is 2.52. The number of nitrogens with zero attached hydrogens (tertiary/aromatic N) is 1. The molecule has 0 saturated carbocycles. The van der Waals surface area contributed by atoms with E-state index in [2.05, 4.69) is 9.71 Å². The zero-order valence-electron chi connectivity index (χ0n) is 11.4. The van der Waals surface area contributed by atoms with Crippen molar-refractivity contribution in [2.75, 3.05) is 0 Å². The van der Waals surface area contributed by atoms with Crippen LogP contribution in [-0.2, 0) is 22.6 Å². The lowest BCUT2D eigenvalue weighted by Crippen LogP contribution is -2.30. The number of rotatable bonds is 3. The molecule has 2 heterocycles. The van der Waals surface area contributed by atoms with Gasteiger partial charge in [0.25, 0.3) is 10.0 Å². The number of fused-ring (bicyclic) bond motifs is 1. The van der Waals surface area contributed by atoms with Crippen LogP contribution >= 0.6 is 22.9 Å². The summed E-state index contributed by atoms with van der Waals surface area (Å²) < 4.78 is 66.5. The number of hydrogen-bond donors (Lipinski definition) is 1. The van der Waals surface area contributed by atoms with Crippen LogP contribution in [0.15, 0.2) is 29.4 Å². The van der Waals surface area contributed by atoms with Crippen molar-refractivity contribution >= 4 is 33.0 Å². The van der Waals surface area contributed by atoms with Gasteiger partial charge in [-0.05, 0) is 36.6 Å². The third kappa shape index (κ3) is 3.23. The molecular formula is C13H10ClF3N2O2S2. The van der Waals surface area contributed by atoms with Crippen molar-refractivity contribution < 1.29 is 21.6 Å². The standard InChI is InChI=1S/C13H10ClF3N2O2S2/c14-11-6-7-9(3-4-10(7)22-11)19-23(20,21)12-8(13(15,16)17)2-1-5-18-12/h1-2,5-6,9,19H,3-4H2. The van der Waals surface area contributed by atoms with Gasteiger partial charge in [0.15, 0.2) is 5.03 Å². The van der Waals surface area contributed by atoms with Crippen molar-refractivity contribution in [2.24, 2.45) is 0 Å². The van der Waals surface area contributed by atoms with Crippen LogP contribution in [0.4, 0.5) is 13.2 Å². The molecule has 0 bridgehead atoms. The largest absolute Gasteiger partial charge is 0.419 e. The zero-order valence-corrected chi connectivity index (χ0v) is 13.8. The molecule has 1 atom stereocenters. The maximum atomic E-state index is 13.0. The van der Waals surface area contributed by atoms with Gasteiger partial charge in [-0.25, -0.2) is 18.1 Å². The minimum Gasteiger partial charge on any atom is -0.243 e. The topological polar surface area (TPSA) is 59.1 Å². The molecule has 10 heteroatoms. The van der Waals surface area contributed by atoms with Crippen LogP contribution in [0.3, 0.4) is 0 Å². The Morgan fingerprint density at radius 1 is 1.39 bits per heavy atom. The fraction of sp³-hybridized carbons (Fsp3) is 0.308. The molecule has 0 aliphatic heterocycles. The molecule has 0 saturated heterocycles. The van der Waals surface area contributed by atoms with E-state index in [1.165, 1.54) is 11.3 Å². The molecule has 0 aromatic carbocycles. The van der Waals surface area contributed by atoms with Crippen molar-refractivity contribution in [3.05, 3.63) is 44.7 Å². The van der Waals surface area contributed by atoms with Crippen molar-refractivity contribution in [3.8, 4) is 0 Å². The maximum Gasteiger partial charge on any atom is 0.419 e. The van der Waals surface area contributed by atoms with E-state index in [1.54, 1.807) is 6.07 Å². The summed E-state index contributed by atoms with van der Waals surface area (Å²) in [5, 5.41) is -1.01. The summed E-state index contributed by atoms with van der Waals surface area (Å²) in [4.78, 5) is 4.37. The minimum absolute atomic E-state index is 0.478. The average Bonchev–Trinajstić information content (AvgIpc) is 2.98. The van der Waals surface area contributed by atoms with Crippen molar-refractivity contribution in [2.45, 2.75) is 30.1 Å². The number of sulfonamides is 1. The molecular weight excluding hydrogens is 373 g/mol. The molecule has 23 heavy (non-hydrogen) atoms. The number of hydrogen-bond acceptors (Lipinski definition) is 4. The van der Waals surface area contributed by atoms with E-state index < -0.39 is 32.8 Å². The van der Waals surface area contributed by atoms with Crippen LogP contribution in [0, 0.1) is 0 Å². The van der Waals surface area contributed by atoms with Gasteiger partial charge in [0.2, 0.25) is 0 Å². The maximum absolute atomic E-state index is 13.0. The number of aromatic nitrogens is 1. The van der Waals surface area contributed by atoms with E-state index in [9.17, 15) is 21.6 Å². The predicted octanol–water partition coefficient (Wildman–Crippen LogP) is 3.78. The summed E-state index contributed by atoms with van der Waals surface area (Å²) in [6, 6.07) is 2.80. The van der Waals surface area contributed by atoms with E-state index in [0.717, 1.165) is 17.1 Å². The molecule has 1 aliphatic rings. The minimum atomic E-state index is -4.80. The zero-order chi connectivity index (χ0) is 16.8. The van der Waals surface area contributed by atoms with Gasteiger partial charge in [-0.2, -0.15) is 13.2 Å². The number of alkyl halides is 3. The van der Waals surface area contributed by atoms with E-state index >= 15 is 0 Å². The highest BCUT2D eigenvalue weighted by molar-refractivity contribution is 7.89. The molecule has 1 aliphatic carbocycles. The van der Waals surface area contributed by atoms with Gasteiger partial charge in [-0.1, -0.05) is 11.6 Å². The lowest BCUT2D eigenvalue weighted by atomic mass is 10.2. The van der Waals surface area contributed by atoms with E-state index in [0.29, 0.717) is 28.8 Å². The van der Waals surface area contributed by atoms with Crippen LogP contribution in [0.25, 0.3) is 0 Å². The number of aryl methyl sites for hydroxylation is 1. The Hall–Kier alpha value is -1.16. The second-order valence-electron chi connectivity index (χ2n) is 5.00. The number of thiophene rings is 1. The Balaban J connectivity index is 1.95. The molecule has 2 aromatic heterocycles. The van der Waals surface area contributed by atoms with Crippen LogP contribution in [-0.4, -0.2) is 13.4 Å². The second-order valence-corrected chi connectivity index (χ2v) is 8.39. The summed E-state index contributed by atoms with van der Waals surface area (Å²) in [7, 11) is -4.41. The summed E-state index contributed by atoms with van der Waals surface area (Å²) in [6.07, 6.45) is -2.67. The summed E-state index contributed by atoms with van der Waals surface area (Å²) in [6.45, 7) is 0. The van der Waals surface area contributed by atoms with Crippen molar-refractivity contribution in [1.29, 1.82) is 0 Å². The van der Waals surface area contributed by atoms with E-state index in [1.807, 2.05) is 0 Å². The van der Waals surface area contributed by atoms with Gasteiger partial charge in [0.1, 0.15) is 0 Å². The summed E-state index contributed by atoms with van der Waals surface area (Å²) in [5.41, 5.74) is -0.567. The van der Waals surface area contributed by atoms with Crippen LogP contribution in [0.5, 0.6) is 0 Å². The van der Waals surface area contributed by atoms with Gasteiger partial charge in [0, 0.05) is 17.1 Å². The van der Waals surface area contributed by atoms with Gasteiger partial charge >= 0.3 is 6.18 Å². The Kier molecular flexibility index (Phi) is 4.16. The predicted molar refractivity (Wildman–Crippen MR) is 80.0 cm³/mol. The van der Waals surface area contributed by atoms with Crippen LogP contribution in [0.1, 0.15) is 28.5 Å². The molecule has 0 amide bonds. The molecule has 0 radical (unpaired) electrons.